The molecule has 0 saturated heterocycles. The Hall–Kier alpha value is -2.75. The first-order valence-electron chi connectivity index (χ1n) is 7.94. The van der Waals surface area contributed by atoms with Crippen molar-refractivity contribution < 1.29 is 14.6 Å². The van der Waals surface area contributed by atoms with E-state index in [1.54, 1.807) is 18.2 Å². The predicted molar refractivity (Wildman–Crippen MR) is 98.1 cm³/mol. The molecule has 126 valence electrons. The van der Waals surface area contributed by atoms with E-state index in [0.717, 1.165) is 16.8 Å². The number of nitrogens with one attached hydrogen (secondary N) is 1. The van der Waals surface area contributed by atoms with Crippen LogP contribution in [0.25, 0.3) is 6.08 Å². The summed E-state index contributed by atoms with van der Waals surface area (Å²) in [6, 6.07) is 9.12. The SMILES string of the molecule is CCOc1c(/C=C/C(=O)c2ccc(NC)cc2)cc(C)c(O)c1C. The number of carbonyl (C=O) groups excluding carboxylic acids is 1. The van der Waals surface area contributed by atoms with Crippen molar-refractivity contribution in [2.75, 3.05) is 19.0 Å². The molecule has 0 heterocycles. The summed E-state index contributed by atoms with van der Waals surface area (Å²) >= 11 is 0. The first-order chi connectivity index (χ1) is 11.5. The standard InChI is InChI=1S/C20H23NO3/c1-5-24-20-14(3)19(23)13(2)12-16(20)8-11-18(22)15-6-9-17(21-4)10-7-15/h6-12,21,23H,5H2,1-4H3/b11-8+. The summed E-state index contributed by atoms with van der Waals surface area (Å²) in [6.45, 7) is 6.01. The predicted octanol–water partition coefficient (Wildman–Crippen LogP) is 4.35. The van der Waals surface area contributed by atoms with Crippen molar-refractivity contribution in [1.29, 1.82) is 0 Å². The molecular weight excluding hydrogens is 302 g/mol. The van der Waals surface area contributed by atoms with Gasteiger partial charge in [0.2, 0.25) is 0 Å². The summed E-state index contributed by atoms with van der Waals surface area (Å²) in [7, 11) is 1.83. The third kappa shape index (κ3) is 3.77. The lowest BCUT2D eigenvalue weighted by atomic mass is 10.0. The third-order valence-electron chi connectivity index (χ3n) is 3.86. The van der Waals surface area contributed by atoms with E-state index in [2.05, 4.69) is 5.32 Å². The molecular formula is C20H23NO3. The number of hydrogen-bond acceptors (Lipinski definition) is 4. The fraction of sp³-hybridized carbons (Fsp3) is 0.250. The Bertz CT molecular complexity index is 761. The molecule has 0 saturated carbocycles. The molecule has 0 spiro atoms. The number of aromatic hydroxyl groups is 1. The number of benzene rings is 2. The molecule has 0 fully saturated rings. The van der Waals surface area contributed by atoms with Gasteiger partial charge in [0, 0.05) is 29.4 Å². The molecule has 0 amide bonds. The lowest BCUT2D eigenvalue weighted by Crippen LogP contribution is -1.99. The van der Waals surface area contributed by atoms with Gasteiger partial charge in [0.05, 0.1) is 6.61 Å². The average molecular weight is 325 g/mol. The third-order valence-corrected chi connectivity index (χ3v) is 3.86. The zero-order chi connectivity index (χ0) is 17.7. The highest BCUT2D eigenvalue weighted by molar-refractivity contribution is 6.07. The van der Waals surface area contributed by atoms with E-state index in [0.29, 0.717) is 23.5 Å². The second kappa shape index (κ2) is 7.68. The van der Waals surface area contributed by atoms with E-state index in [1.165, 1.54) is 6.08 Å². The summed E-state index contributed by atoms with van der Waals surface area (Å²) in [4.78, 5) is 12.3. The largest absolute Gasteiger partial charge is 0.507 e. The Morgan fingerprint density at radius 1 is 1.25 bits per heavy atom. The smallest absolute Gasteiger partial charge is 0.185 e. The number of rotatable bonds is 6. The fourth-order valence-corrected chi connectivity index (χ4v) is 2.51. The van der Waals surface area contributed by atoms with Gasteiger partial charge in [-0.25, -0.2) is 0 Å². The van der Waals surface area contributed by atoms with Gasteiger partial charge in [-0.15, -0.1) is 0 Å². The van der Waals surface area contributed by atoms with Crippen LogP contribution in [0.5, 0.6) is 11.5 Å². The van der Waals surface area contributed by atoms with Crippen molar-refractivity contribution in [3.63, 3.8) is 0 Å². The van der Waals surface area contributed by atoms with E-state index in [4.69, 9.17) is 4.74 Å². The van der Waals surface area contributed by atoms with Crippen molar-refractivity contribution in [2.45, 2.75) is 20.8 Å². The monoisotopic (exact) mass is 325 g/mol. The Balaban J connectivity index is 2.31. The van der Waals surface area contributed by atoms with Crippen LogP contribution in [0.4, 0.5) is 5.69 Å². The molecule has 0 aliphatic rings. The number of carbonyl (C=O) groups is 1. The molecule has 2 rings (SSSR count). The van der Waals surface area contributed by atoms with Gasteiger partial charge >= 0.3 is 0 Å². The highest BCUT2D eigenvalue weighted by Gasteiger charge is 2.12. The minimum absolute atomic E-state index is 0.0801. The molecule has 0 bridgehead atoms. The molecule has 0 atom stereocenters. The zero-order valence-corrected chi connectivity index (χ0v) is 14.5. The van der Waals surface area contributed by atoms with Crippen LogP contribution in [0.3, 0.4) is 0 Å². The lowest BCUT2D eigenvalue weighted by Gasteiger charge is -2.14. The van der Waals surface area contributed by atoms with Crippen LogP contribution in [0.1, 0.15) is 34.0 Å². The summed E-state index contributed by atoms with van der Waals surface area (Å²) in [5.41, 5.74) is 3.79. The Labute approximate surface area is 142 Å². The van der Waals surface area contributed by atoms with E-state index in [1.807, 2.05) is 46.0 Å². The number of aryl methyl sites for hydroxylation is 1. The number of anilines is 1. The van der Waals surface area contributed by atoms with Crippen molar-refractivity contribution in [1.82, 2.24) is 0 Å². The van der Waals surface area contributed by atoms with Crippen molar-refractivity contribution in [2.24, 2.45) is 0 Å². The van der Waals surface area contributed by atoms with Gasteiger partial charge in [0.25, 0.3) is 0 Å². The van der Waals surface area contributed by atoms with E-state index >= 15 is 0 Å². The number of hydrogen-bond donors (Lipinski definition) is 2. The van der Waals surface area contributed by atoms with Crippen molar-refractivity contribution in [3.8, 4) is 11.5 Å². The van der Waals surface area contributed by atoms with Crippen LogP contribution in [0, 0.1) is 13.8 Å². The minimum Gasteiger partial charge on any atom is -0.507 e. The molecule has 0 unspecified atom stereocenters. The van der Waals surface area contributed by atoms with Gasteiger partial charge in [0.1, 0.15) is 11.5 Å². The Kier molecular flexibility index (Phi) is 5.64. The second-order valence-corrected chi connectivity index (χ2v) is 5.54. The second-order valence-electron chi connectivity index (χ2n) is 5.54. The highest BCUT2D eigenvalue weighted by Crippen LogP contribution is 2.34. The number of ketones is 1. The van der Waals surface area contributed by atoms with Crippen LogP contribution in [-0.2, 0) is 0 Å². The molecule has 0 aromatic heterocycles. The van der Waals surface area contributed by atoms with Gasteiger partial charge in [-0.1, -0.05) is 0 Å². The van der Waals surface area contributed by atoms with Gasteiger partial charge in [0.15, 0.2) is 5.78 Å². The number of phenols is 1. The van der Waals surface area contributed by atoms with Gasteiger partial charge in [-0.05, 0) is 68.8 Å². The van der Waals surface area contributed by atoms with Gasteiger partial charge in [-0.2, -0.15) is 0 Å². The molecule has 2 aromatic rings. The number of phenolic OH excluding ortho intramolecular Hbond substituents is 1. The van der Waals surface area contributed by atoms with Crippen LogP contribution < -0.4 is 10.1 Å². The Morgan fingerprint density at radius 3 is 2.50 bits per heavy atom. The molecule has 2 aromatic carbocycles. The van der Waals surface area contributed by atoms with Gasteiger partial charge in [-0.3, -0.25) is 4.79 Å². The first-order valence-corrected chi connectivity index (χ1v) is 7.94. The van der Waals surface area contributed by atoms with E-state index in [-0.39, 0.29) is 11.5 Å². The summed E-state index contributed by atoms with van der Waals surface area (Å²) < 4.78 is 5.64. The number of ether oxygens (including phenoxy) is 1. The molecule has 0 aliphatic carbocycles. The van der Waals surface area contributed by atoms with Crippen molar-refractivity contribution >= 4 is 17.5 Å². The van der Waals surface area contributed by atoms with Crippen LogP contribution >= 0.6 is 0 Å². The summed E-state index contributed by atoms with van der Waals surface area (Å²) in [5, 5.41) is 13.1. The van der Waals surface area contributed by atoms with E-state index in [9.17, 15) is 9.90 Å². The lowest BCUT2D eigenvalue weighted by molar-refractivity contribution is 0.104. The van der Waals surface area contributed by atoms with Crippen molar-refractivity contribution in [3.05, 3.63) is 58.7 Å². The molecule has 0 radical (unpaired) electrons. The molecule has 4 heteroatoms. The van der Waals surface area contributed by atoms with Crippen LogP contribution in [0.15, 0.2) is 36.4 Å². The maximum atomic E-state index is 12.3. The fourth-order valence-electron chi connectivity index (χ4n) is 2.51. The topological polar surface area (TPSA) is 58.6 Å². The van der Waals surface area contributed by atoms with E-state index < -0.39 is 0 Å². The first kappa shape index (κ1) is 17.6. The van der Waals surface area contributed by atoms with Crippen LogP contribution in [0.2, 0.25) is 0 Å². The highest BCUT2D eigenvalue weighted by atomic mass is 16.5. The number of allylic oxidation sites excluding steroid dienone is 1. The molecule has 2 N–H and O–H groups in total. The average Bonchev–Trinajstić information content (AvgIpc) is 2.60. The van der Waals surface area contributed by atoms with Gasteiger partial charge < -0.3 is 15.2 Å². The normalized spacial score (nSPS) is 10.8. The minimum atomic E-state index is -0.0801. The molecule has 0 aliphatic heterocycles. The molecule has 4 nitrogen and oxygen atoms in total. The molecule has 24 heavy (non-hydrogen) atoms. The summed E-state index contributed by atoms with van der Waals surface area (Å²) in [5.74, 6) is 0.753. The maximum absolute atomic E-state index is 12.3. The summed E-state index contributed by atoms with van der Waals surface area (Å²) in [6.07, 6.45) is 3.26. The maximum Gasteiger partial charge on any atom is 0.185 e. The quantitative estimate of drug-likeness (QED) is 0.612. The Morgan fingerprint density at radius 2 is 1.92 bits per heavy atom. The zero-order valence-electron chi connectivity index (χ0n) is 14.5. The van der Waals surface area contributed by atoms with Crippen LogP contribution in [-0.4, -0.2) is 24.5 Å².